The van der Waals surface area contributed by atoms with Crippen LogP contribution in [0.3, 0.4) is 0 Å². The monoisotopic (exact) mass is 700 g/mol. The standard InChI is InChI=1S/C28H39F6N6O6P/c1-15(12-40-13-37-21-20(35)6-7-36-22(21)40)44-14-47(43,38-25(2,3)23(41)45-18-8-16(9-18)27(29,30)31)39-26(4,5)24(42)46-19-10-17(11-19)28(32,33)34/h6-7,13,15-19H,8-12,14H2,1-5H3,(H2,35,36)(H2,38,39,43)/t15-,16?,17?,18?,19?,47?/m1/s1. The lowest BCUT2D eigenvalue weighted by Crippen LogP contribution is -2.55. The third-order valence-corrected chi connectivity index (χ3v) is 10.5. The number of ether oxygens (including phenoxy) is 3. The van der Waals surface area contributed by atoms with Crippen LogP contribution in [0.2, 0.25) is 0 Å². The molecule has 0 bridgehead atoms. The Morgan fingerprint density at radius 2 is 1.40 bits per heavy atom. The minimum atomic E-state index is -4.41. The number of hydrogen-bond acceptors (Lipinski definition) is 9. The molecule has 2 aliphatic carbocycles. The van der Waals surface area contributed by atoms with Gasteiger partial charge in [-0.1, -0.05) is 0 Å². The van der Waals surface area contributed by atoms with Crippen molar-refractivity contribution in [3.05, 3.63) is 18.6 Å². The van der Waals surface area contributed by atoms with E-state index in [9.17, 15) is 40.5 Å². The number of nitrogens with zero attached hydrogens (tertiary/aromatic N) is 3. The first kappa shape index (κ1) is 36.9. The molecule has 0 aliphatic heterocycles. The number of nitrogen functional groups attached to an aromatic ring is 1. The molecule has 0 radical (unpaired) electrons. The molecule has 2 saturated carbocycles. The second kappa shape index (κ2) is 13.2. The maximum absolute atomic E-state index is 14.4. The Labute approximate surface area is 266 Å². The van der Waals surface area contributed by atoms with E-state index in [1.165, 1.54) is 40.2 Å². The van der Waals surface area contributed by atoms with Gasteiger partial charge in [-0.2, -0.15) is 26.3 Å². The molecule has 4 rings (SSSR count). The van der Waals surface area contributed by atoms with Gasteiger partial charge in [0.1, 0.15) is 35.2 Å². The second-order valence-electron chi connectivity index (χ2n) is 13.3. The van der Waals surface area contributed by atoms with Gasteiger partial charge in [-0.25, -0.2) is 20.1 Å². The molecule has 4 N–H and O–H groups in total. The number of anilines is 1. The molecular weight excluding hydrogens is 661 g/mol. The van der Waals surface area contributed by atoms with Gasteiger partial charge in [0.25, 0.3) is 0 Å². The average molecular weight is 701 g/mol. The zero-order chi connectivity index (χ0) is 35.2. The molecule has 0 spiro atoms. The molecule has 2 aliphatic rings. The van der Waals surface area contributed by atoms with E-state index < -0.39 is 105 Å². The van der Waals surface area contributed by atoms with Crippen LogP contribution in [-0.4, -0.2) is 74.6 Å². The predicted octanol–water partition coefficient (Wildman–Crippen LogP) is 5.07. The van der Waals surface area contributed by atoms with Crippen LogP contribution in [0.4, 0.5) is 32.0 Å². The van der Waals surface area contributed by atoms with Gasteiger partial charge in [0.2, 0.25) is 7.44 Å². The summed E-state index contributed by atoms with van der Waals surface area (Å²) in [5.74, 6) is -5.15. The largest absolute Gasteiger partial charge is 0.461 e. The van der Waals surface area contributed by atoms with Crippen molar-refractivity contribution < 1.29 is 54.7 Å². The highest BCUT2D eigenvalue weighted by Crippen LogP contribution is 2.46. The Bertz CT molecular complexity index is 1440. The van der Waals surface area contributed by atoms with Gasteiger partial charge in [0, 0.05) is 6.20 Å². The molecular formula is C28H39F6N6O6P. The van der Waals surface area contributed by atoms with Crippen LogP contribution in [0.5, 0.6) is 0 Å². The fourth-order valence-corrected chi connectivity index (χ4v) is 7.86. The molecule has 12 nitrogen and oxygen atoms in total. The number of halogens is 6. The quantitative estimate of drug-likeness (QED) is 0.145. The molecule has 2 heterocycles. The fourth-order valence-electron chi connectivity index (χ4n) is 5.22. The minimum absolute atomic E-state index is 0.175. The molecule has 2 aromatic rings. The molecule has 0 aromatic carbocycles. The zero-order valence-corrected chi connectivity index (χ0v) is 27.3. The lowest BCUT2D eigenvalue weighted by Gasteiger charge is -2.40. The topological polar surface area (TPSA) is 160 Å². The van der Waals surface area contributed by atoms with Crippen molar-refractivity contribution in [3.8, 4) is 0 Å². The van der Waals surface area contributed by atoms with Gasteiger partial charge in [0.05, 0.1) is 36.5 Å². The normalized spacial score (nSPS) is 24.1. The van der Waals surface area contributed by atoms with Crippen LogP contribution in [-0.2, 0) is 34.9 Å². The lowest BCUT2D eigenvalue weighted by atomic mass is 9.81. The summed E-state index contributed by atoms with van der Waals surface area (Å²) in [4.78, 5) is 34.6. The molecule has 264 valence electrons. The van der Waals surface area contributed by atoms with Crippen molar-refractivity contribution >= 4 is 36.2 Å². The van der Waals surface area contributed by atoms with E-state index in [4.69, 9.17) is 19.9 Å². The van der Waals surface area contributed by atoms with Crippen molar-refractivity contribution in [2.45, 2.75) is 109 Å². The number of nitrogens with two attached hydrogens (primary N) is 1. The lowest BCUT2D eigenvalue weighted by molar-refractivity contribution is -0.221. The van der Waals surface area contributed by atoms with Gasteiger partial charge in [-0.05, 0) is 66.4 Å². The fraction of sp³-hybridized carbons (Fsp3) is 0.714. The van der Waals surface area contributed by atoms with Gasteiger partial charge in [-0.15, -0.1) is 0 Å². The molecule has 0 saturated heterocycles. The third kappa shape index (κ3) is 8.95. The Hall–Kier alpha value is -2.95. The van der Waals surface area contributed by atoms with Crippen LogP contribution in [0.15, 0.2) is 18.6 Å². The summed E-state index contributed by atoms with van der Waals surface area (Å²) >= 11 is 0. The van der Waals surface area contributed by atoms with Gasteiger partial charge < -0.3 is 24.5 Å². The molecule has 1 atom stereocenters. The van der Waals surface area contributed by atoms with Crippen molar-refractivity contribution in [3.63, 3.8) is 0 Å². The molecule has 2 fully saturated rings. The van der Waals surface area contributed by atoms with E-state index in [0.717, 1.165) is 0 Å². The summed E-state index contributed by atoms with van der Waals surface area (Å²) in [6.45, 7) is 7.04. The number of carbonyl (C=O) groups is 2. The summed E-state index contributed by atoms with van der Waals surface area (Å²) in [5, 5.41) is 5.31. The maximum Gasteiger partial charge on any atom is 0.392 e. The summed E-state index contributed by atoms with van der Waals surface area (Å²) in [7, 11) is -4.16. The number of pyridine rings is 1. The van der Waals surface area contributed by atoms with Crippen molar-refractivity contribution in [2.75, 3.05) is 12.1 Å². The Morgan fingerprint density at radius 1 is 0.936 bits per heavy atom. The van der Waals surface area contributed by atoms with Crippen LogP contribution in [0.1, 0.15) is 60.3 Å². The van der Waals surface area contributed by atoms with Crippen LogP contribution < -0.4 is 15.9 Å². The number of carbonyl (C=O) groups excluding carboxylic acids is 2. The first-order valence-corrected chi connectivity index (χ1v) is 16.8. The third-order valence-electron chi connectivity index (χ3n) is 8.13. The second-order valence-corrected chi connectivity index (χ2v) is 15.4. The number of hydrogen-bond donors (Lipinski definition) is 3. The Balaban J connectivity index is 1.45. The molecule has 0 unspecified atom stereocenters. The first-order valence-electron chi connectivity index (χ1n) is 14.9. The van der Waals surface area contributed by atoms with Crippen molar-refractivity contribution in [1.29, 1.82) is 0 Å². The van der Waals surface area contributed by atoms with Gasteiger partial charge >= 0.3 is 24.3 Å². The zero-order valence-electron chi connectivity index (χ0n) is 26.4. The SMILES string of the molecule is C[C@H](Cn1cnc2c(N)ccnc21)OCP(=O)(NC(C)(C)C(=O)OC1CC(C(F)(F)F)C1)NC(C)(C)C(=O)OC1CC(C(F)(F)F)C1. The summed E-state index contributed by atoms with van der Waals surface area (Å²) in [6, 6.07) is 1.59. The Kier molecular flexibility index (Phi) is 10.3. The number of rotatable bonds is 13. The van der Waals surface area contributed by atoms with E-state index in [-0.39, 0.29) is 6.54 Å². The smallest absolute Gasteiger partial charge is 0.392 e. The number of fused-ring (bicyclic) bond motifs is 1. The number of alkyl halides is 6. The number of aromatic nitrogens is 3. The van der Waals surface area contributed by atoms with Crippen LogP contribution >= 0.6 is 7.44 Å². The van der Waals surface area contributed by atoms with Crippen LogP contribution in [0, 0.1) is 11.8 Å². The van der Waals surface area contributed by atoms with Crippen molar-refractivity contribution in [1.82, 2.24) is 24.7 Å². The van der Waals surface area contributed by atoms with Gasteiger partial charge in [-0.3, -0.25) is 14.2 Å². The van der Waals surface area contributed by atoms with Crippen LogP contribution in [0.25, 0.3) is 11.2 Å². The van der Waals surface area contributed by atoms with E-state index in [1.54, 1.807) is 17.6 Å². The van der Waals surface area contributed by atoms with Crippen molar-refractivity contribution in [2.24, 2.45) is 11.8 Å². The highest BCUT2D eigenvalue weighted by Gasteiger charge is 2.52. The van der Waals surface area contributed by atoms with E-state index in [2.05, 4.69) is 20.1 Å². The summed E-state index contributed by atoms with van der Waals surface area (Å²) in [5.41, 5.74) is 3.78. The minimum Gasteiger partial charge on any atom is -0.461 e. The number of nitrogens with one attached hydrogen (secondary N) is 2. The summed E-state index contributed by atoms with van der Waals surface area (Å²) < 4.78 is 110. The molecule has 0 amide bonds. The number of imidazole rings is 1. The first-order chi connectivity index (χ1) is 21.5. The van der Waals surface area contributed by atoms with E-state index >= 15 is 0 Å². The Morgan fingerprint density at radius 3 is 1.85 bits per heavy atom. The van der Waals surface area contributed by atoms with Gasteiger partial charge in [0.15, 0.2) is 5.65 Å². The molecule has 2 aromatic heterocycles. The highest BCUT2D eigenvalue weighted by atomic mass is 31.2. The predicted molar refractivity (Wildman–Crippen MR) is 157 cm³/mol. The highest BCUT2D eigenvalue weighted by molar-refractivity contribution is 7.59. The number of esters is 2. The molecule has 19 heteroatoms. The summed E-state index contributed by atoms with van der Waals surface area (Å²) in [6.07, 6.45) is -10.7. The molecule has 47 heavy (non-hydrogen) atoms. The van der Waals surface area contributed by atoms with E-state index in [0.29, 0.717) is 16.9 Å². The average Bonchev–Trinajstić information content (AvgIpc) is 3.28. The maximum atomic E-state index is 14.4. The van der Waals surface area contributed by atoms with E-state index in [1.807, 2.05) is 0 Å².